The minimum Gasteiger partial charge on any atom is -0.461 e. The van der Waals surface area contributed by atoms with Gasteiger partial charge < -0.3 is 15.6 Å². The highest BCUT2D eigenvalue weighted by Crippen LogP contribution is 2.27. The number of nitrogens with zero attached hydrogens (tertiary/aromatic N) is 3. The molecular formula is C15H14ClN5O2S. The van der Waals surface area contributed by atoms with Gasteiger partial charge in [0.25, 0.3) is 0 Å². The van der Waals surface area contributed by atoms with Gasteiger partial charge in [0.05, 0.1) is 22.2 Å². The van der Waals surface area contributed by atoms with E-state index in [1.165, 1.54) is 22.7 Å². The van der Waals surface area contributed by atoms with Crippen LogP contribution in [0.2, 0.25) is 5.02 Å². The molecule has 3 rings (SSSR count). The van der Waals surface area contributed by atoms with Crippen molar-refractivity contribution in [3.63, 3.8) is 0 Å². The largest absolute Gasteiger partial charge is 0.461 e. The first-order chi connectivity index (χ1) is 11.6. The fraction of sp³-hybridized carbons (Fsp3) is 0.133. The number of carbonyl (C=O) groups is 1. The van der Waals surface area contributed by atoms with Gasteiger partial charge in [0.2, 0.25) is 16.9 Å². The Labute approximate surface area is 147 Å². The molecule has 0 aliphatic carbocycles. The molecular weight excluding hydrogens is 350 g/mol. The fourth-order valence-electron chi connectivity index (χ4n) is 1.94. The van der Waals surface area contributed by atoms with Crippen molar-refractivity contribution in [3.8, 4) is 11.6 Å². The molecule has 1 amide bonds. The third-order valence-electron chi connectivity index (χ3n) is 3.19. The SMILES string of the molecule is C[C@H](Sc1nnc(-c2ccco2)n1N)C(=O)Nc1ccccc1Cl. The lowest BCUT2D eigenvalue weighted by atomic mass is 10.3. The van der Waals surface area contributed by atoms with Crippen LogP contribution in [0, 0.1) is 0 Å². The molecule has 0 saturated heterocycles. The zero-order chi connectivity index (χ0) is 17.1. The number of furan rings is 1. The molecule has 0 saturated carbocycles. The number of carbonyl (C=O) groups excluding carboxylic acids is 1. The lowest BCUT2D eigenvalue weighted by molar-refractivity contribution is -0.115. The van der Waals surface area contributed by atoms with Crippen LogP contribution < -0.4 is 11.2 Å². The smallest absolute Gasteiger partial charge is 0.237 e. The Kier molecular flexibility index (Phi) is 4.77. The molecule has 9 heteroatoms. The zero-order valence-corrected chi connectivity index (χ0v) is 14.2. The van der Waals surface area contributed by atoms with E-state index in [-0.39, 0.29) is 5.91 Å². The molecule has 3 aromatic rings. The normalized spacial score (nSPS) is 12.1. The molecule has 0 bridgehead atoms. The summed E-state index contributed by atoms with van der Waals surface area (Å²) in [6, 6.07) is 10.5. The summed E-state index contributed by atoms with van der Waals surface area (Å²) in [6.45, 7) is 1.75. The van der Waals surface area contributed by atoms with E-state index in [1.807, 2.05) is 0 Å². The molecule has 1 aromatic carbocycles. The summed E-state index contributed by atoms with van der Waals surface area (Å²) >= 11 is 7.23. The number of benzene rings is 1. The first kappa shape index (κ1) is 16.4. The van der Waals surface area contributed by atoms with E-state index in [0.717, 1.165) is 0 Å². The quantitative estimate of drug-likeness (QED) is 0.534. The van der Waals surface area contributed by atoms with Crippen molar-refractivity contribution in [3.05, 3.63) is 47.7 Å². The average molecular weight is 364 g/mol. The molecule has 2 heterocycles. The van der Waals surface area contributed by atoms with Crippen LogP contribution in [0.4, 0.5) is 5.69 Å². The minimum absolute atomic E-state index is 0.212. The maximum Gasteiger partial charge on any atom is 0.237 e. The molecule has 1 atom stereocenters. The number of nitrogens with two attached hydrogens (primary N) is 1. The summed E-state index contributed by atoms with van der Waals surface area (Å²) in [5, 5.41) is 11.2. The number of para-hydroxylation sites is 1. The topological polar surface area (TPSA) is 99.0 Å². The second-order valence-electron chi connectivity index (χ2n) is 4.88. The van der Waals surface area contributed by atoms with Gasteiger partial charge in [0.15, 0.2) is 5.76 Å². The van der Waals surface area contributed by atoms with E-state index in [0.29, 0.717) is 27.5 Å². The van der Waals surface area contributed by atoms with Crippen LogP contribution in [0.25, 0.3) is 11.6 Å². The third-order valence-corrected chi connectivity index (χ3v) is 4.58. The number of aromatic nitrogens is 3. The highest BCUT2D eigenvalue weighted by Gasteiger charge is 2.21. The van der Waals surface area contributed by atoms with Crippen molar-refractivity contribution in [2.45, 2.75) is 17.3 Å². The molecule has 0 unspecified atom stereocenters. The predicted molar refractivity (Wildman–Crippen MR) is 93.3 cm³/mol. The van der Waals surface area contributed by atoms with E-state index in [9.17, 15) is 4.79 Å². The Morgan fingerprint density at radius 3 is 2.83 bits per heavy atom. The van der Waals surface area contributed by atoms with Crippen molar-refractivity contribution in [2.24, 2.45) is 0 Å². The Morgan fingerprint density at radius 2 is 2.12 bits per heavy atom. The zero-order valence-electron chi connectivity index (χ0n) is 12.6. The van der Waals surface area contributed by atoms with Crippen LogP contribution in [0.3, 0.4) is 0 Å². The van der Waals surface area contributed by atoms with Crippen molar-refractivity contribution in [1.29, 1.82) is 0 Å². The number of anilines is 1. The van der Waals surface area contributed by atoms with E-state index in [4.69, 9.17) is 21.9 Å². The summed E-state index contributed by atoms with van der Waals surface area (Å²) in [4.78, 5) is 12.3. The van der Waals surface area contributed by atoms with Crippen LogP contribution in [0.5, 0.6) is 0 Å². The summed E-state index contributed by atoms with van der Waals surface area (Å²) < 4.78 is 6.55. The van der Waals surface area contributed by atoms with E-state index in [2.05, 4.69) is 15.5 Å². The maximum absolute atomic E-state index is 12.3. The van der Waals surface area contributed by atoms with Gasteiger partial charge in [0.1, 0.15) is 0 Å². The van der Waals surface area contributed by atoms with Crippen LogP contribution in [0.1, 0.15) is 6.92 Å². The summed E-state index contributed by atoms with van der Waals surface area (Å²) in [7, 11) is 0. The number of nitrogen functional groups attached to an aromatic ring is 1. The van der Waals surface area contributed by atoms with Crippen molar-refractivity contribution >= 4 is 35.0 Å². The molecule has 0 aliphatic rings. The lowest BCUT2D eigenvalue weighted by Gasteiger charge is -2.12. The summed E-state index contributed by atoms with van der Waals surface area (Å²) in [5.74, 6) is 6.66. The molecule has 24 heavy (non-hydrogen) atoms. The van der Waals surface area contributed by atoms with Gasteiger partial charge in [-0.25, -0.2) is 4.68 Å². The monoisotopic (exact) mass is 363 g/mol. The second kappa shape index (κ2) is 6.98. The first-order valence-electron chi connectivity index (χ1n) is 7.02. The predicted octanol–water partition coefficient (Wildman–Crippen LogP) is 3.02. The number of halogens is 1. The van der Waals surface area contributed by atoms with Gasteiger partial charge in [-0.3, -0.25) is 4.79 Å². The molecule has 2 aromatic heterocycles. The highest BCUT2D eigenvalue weighted by molar-refractivity contribution is 8.00. The van der Waals surface area contributed by atoms with Crippen LogP contribution in [-0.4, -0.2) is 26.0 Å². The number of rotatable bonds is 5. The van der Waals surface area contributed by atoms with Crippen molar-refractivity contribution in [1.82, 2.24) is 14.9 Å². The van der Waals surface area contributed by atoms with E-state index < -0.39 is 5.25 Å². The summed E-state index contributed by atoms with van der Waals surface area (Å²) in [6.07, 6.45) is 1.52. The summed E-state index contributed by atoms with van der Waals surface area (Å²) in [5.41, 5.74) is 0.558. The highest BCUT2D eigenvalue weighted by atomic mass is 35.5. The molecule has 0 radical (unpaired) electrons. The number of hydrogen-bond acceptors (Lipinski definition) is 6. The standard InChI is InChI=1S/C15H14ClN5O2S/c1-9(14(22)18-11-6-3-2-5-10(11)16)24-15-20-19-13(21(15)17)12-7-4-8-23-12/h2-9H,17H2,1H3,(H,18,22)/t9-/m0/s1. The van der Waals surface area contributed by atoms with Crippen molar-refractivity contribution < 1.29 is 9.21 Å². The molecule has 3 N–H and O–H groups in total. The second-order valence-corrected chi connectivity index (χ2v) is 6.60. The number of nitrogens with one attached hydrogen (secondary N) is 1. The fourth-order valence-corrected chi connectivity index (χ4v) is 2.89. The van der Waals surface area contributed by atoms with E-state index >= 15 is 0 Å². The molecule has 0 spiro atoms. The minimum atomic E-state index is -0.447. The van der Waals surface area contributed by atoms with Gasteiger partial charge in [-0.2, -0.15) is 0 Å². The molecule has 124 valence electrons. The molecule has 7 nitrogen and oxygen atoms in total. The Hall–Kier alpha value is -2.45. The Bertz CT molecular complexity index is 849. The number of amides is 1. The van der Waals surface area contributed by atoms with Crippen LogP contribution in [-0.2, 0) is 4.79 Å². The van der Waals surface area contributed by atoms with Gasteiger partial charge in [-0.05, 0) is 31.2 Å². The maximum atomic E-state index is 12.3. The Balaban J connectivity index is 1.70. The van der Waals surface area contributed by atoms with Crippen molar-refractivity contribution in [2.75, 3.05) is 11.2 Å². The van der Waals surface area contributed by atoms with Gasteiger partial charge in [-0.1, -0.05) is 35.5 Å². The van der Waals surface area contributed by atoms with Gasteiger partial charge in [-0.15, -0.1) is 10.2 Å². The number of thioether (sulfide) groups is 1. The van der Waals surface area contributed by atoms with Gasteiger partial charge in [0, 0.05) is 0 Å². The third kappa shape index (κ3) is 3.39. The number of hydrogen-bond donors (Lipinski definition) is 2. The molecule has 0 aliphatic heterocycles. The first-order valence-corrected chi connectivity index (χ1v) is 8.28. The average Bonchev–Trinajstić information content (AvgIpc) is 3.20. The van der Waals surface area contributed by atoms with Gasteiger partial charge >= 0.3 is 0 Å². The van der Waals surface area contributed by atoms with Crippen LogP contribution in [0.15, 0.2) is 52.2 Å². The lowest BCUT2D eigenvalue weighted by Crippen LogP contribution is -2.23. The van der Waals surface area contributed by atoms with E-state index in [1.54, 1.807) is 43.3 Å². The molecule has 0 fully saturated rings. The van der Waals surface area contributed by atoms with Crippen LogP contribution >= 0.6 is 23.4 Å². The Morgan fingerprint density at radius 1 is 1.33 bits per heavy atom.